The minimum Gasteiger partial charge on any atom is -0.311 e. The zero-order valence-electron chi connectivity index (χ0n) is 9.39. The fourth-order valence-electron chi connectivity index (χ4n) is 1.43. The first-order valence-corrected chi connectivity index (χ1v) is 5.34. The lowest BCUT2D eigenvalue weighted by Gasteiger charge is -2.16. The molecule has 0 amide bonds. The molecule has 78 valence electrons. The van der Waals surface area contributed by atoms with Crippen molar-refractivity contribution < 1.29 is 4.79 Å². The van der Waals surface area contributed by atoms with Gasteiger partial charge in [-0.3, -0.25) is 4.79 Å². The average Bonchev–Trinajstić information content (AvgIpc) is 2.11. The van der Waals surface area contributed by atoms with Crippen LogP contribution in [0.2, 0.25) is 0 Å². The first-order chi connectivity index (χ1) is 6.13. The molecule has 0 saturated carbocycles. The molecule has 1 N–H and O–H groups in total. The number of carbonyl (C=O) groups is 1. The predicted molar refractivity (Wildman–Crippen MR) is 56.8 cm³/mol. The number of hydrogen-bond donors (Lipinski definition) is 1. The summed E-state index contributed by atoms with van der Waals surface area (Å²) in [6.07, 6.45) is 4.58. The number of rotatable bonds is 7. The minimum atomic E-state index is 0.0755. The van der Waals surface area contributed by atoms with Crippen LogP contribution >= 0.6 is 0 Å². The molecule has 1 atom stereocenters. The summed E-state index contributed by atoms with van der Waals surface area (Å²) in [4.78, 5) is 11.6. The Kier molecular flexibility index (Phi) is 6.87. The molecule has 13 heavy (non-hydrogen) atoms. The number of unbranched alkanes of at least 4 members (excludes halogenated alkanes) is 2. The van der Waals surface area contributed by atoms with Crippen molar-refractivity contribution >= 4 is 5.78 Å². The van der Waals surface area contributed by atoms with E-state index in [0.29, 0.717) is 5.78 Å². The molecule has 0 radical (unpaired) electrons. The number of ketones is 1. The highest BCUT2D eigenvalue weighted by Gasteiger charge is 2.18. The van der Waals surface area contributed by atoms with E-state index in [1.807, 2.05) is 20.9 Å². The first kappa shape index (κ1) is 12.6. The third-order valence-electron chi connectivity index (χ3n) is 2.36. The lowest BCUT2D eigenvalue weighted by Crippen LogP contribution is -2.36. The molecule has 0 bridgehead atoms. The summed E-state index contributed by atoms with van der Waals surface area (Å²) in [6.45, 7) is 6.11. The molecule has 0 fully saturated rings. The third-order valence-corrected chi connectivity index (χ3v) is 2.36. The monoisotopic (exact) mass is 185 g/mol. The summed E-state index contributed by atoms with van der Waals surface area (Å²) < 4.78 is 0. The van der Waals surface area contributed by atoms with Crippen LogP contribution in [0.5, 0.6) is 0 Å². The van der Waals surface area contributed by atoms with Gasteiger partial charge in [0.15, 0.2) is 5.78 Å². The van der Waals surface area contributed by atoms with Crippen LogP contribution in [-0.4, -0.2) is 18.9 Å². The smallest absolute Gasteiger partial charge is 0.152 e. The number of Topliss-reactive ketones (excluding diaryl/α,β-unsaturated/α-hetero) is 1. The van der Waals surface area contributed by atoms with Crippen LogP contribution in [0.1, 0.15) is 46.5 Å². The molecule has 0 heterocycles. The van der Waals surface area contributed by atoms with E-state index in [4.69, 9.17) is 0 Å². The molecule has 0 aliphatic carbocycles. The van der Waals surface area contributed by atoms with Crippen LogP contribution in [0.25, 0.3) is 0 Å². The number of carbonyl (C=O) groups excluding carboxylic acids is 1. The Labute approximate surface area is 82.1 Å². The van der Waals surface area contributed by atoms with E-state index in [1.165, 1.54) is 12.8 Å². The van der Waals surface area contributed by atoms with Crippen molar-refractivity contribution in [1.82, 2.24) is 5.32 Å². The fraction of sp³-hybridized carbons (Fsp3) is 0.909. The SMILES string of the molecule is CCCCCC(NC)C(=O)C(C)C. The molecule has 0 spiro atoms. The quantitative estimate of drug-likeness (QED) is 0.617. The van der Waals surface area contributed by atoms with Gasteiger partial charge in [0.2, 0.25) is 0 Å². The van der Waals surface area contributed by atoms with Gasteiger partial charge in [0.25, 0.3) is 0 Å². The summed E-state index contributed by atoms with van der Waals surface area (Å²) in [6, 6.07) is 0.0755. The summed E-state index contributed by atoms with van der Waals surface area (Å²) in [7, 11) is 1.87. The van der Waals surface area contributed by atoms with Crippen molar-refractivity contribution in [2.24, 2.45) is 5.92 Å². The lowest BCUT2D eigenvalue weighted by atomic mass is 9.97. The zero-order valence-corrected chi connectivity index (χ0v) is 9.39. The molecule has 0 saturated heterocycles. The maximum absolute atomic E-state index is 11.6. The Hall–Kier alpha value is -0.370. The molecule has 0 aromatic heterocycles. The lowest BCUT2D eigenvalue weighted by molar-refractivity contribution is -0.124. The van der Waals surface area contributed by atoms with E-state index in [0.717, 1.165) is 12.8 Å². The molecule has 0 aliphatic rings. The van der Waals surface area contributed by atoms with Crippen LogP contribution < -0.4 is 5.32 Å². The van der Waals surface area contributed by atoms with Gasteiger partial charge < -0.3 is 5.32 Å². The topological polar surface area (TPSA) is 29.1 Å². The maximum atomic E-state index is 11.6. The van der Waals surface area contributed by atoms with Gasteiger partial charge in [0.05, 0.1) is 6.04 Å². The van der Waals surface area contributed by atoms with Crippen LogP contribution in [0.3, 0.4) is 0 Å². The molecule has 2 heteroatoms. The van der Waals surface area contributed by atoms with E-state index < -0.39 is 0 Å². The van der Waals surface area contributed by atoms with E-state index in [1.54, 1.807) is 0 Å². The van der Waals surface area contributed by atoms with Crippen molar-refractivity contribution in [2.45, 2.75) is 52.5 Å². The van der Waals surface area contributed by atoms with Gasteiger partial charge in [0.1, 0.15) is 0 Å². The summed E-state index contributed by atoms with van der Waals surface area (Å²) in [5.74, 6) is 0.498. The Morgan fingerprint density at radius 3 is 2.31 bits per heavy atom. The predicted octanol–water partition coefficient (Wildman–Crippen LogP) is 2.38. The van der Waals surface area contributed by atoms with E-state index in [9.17, 15) is 4.79 Å². The third kappa shape index (κ3) is 5.04. The van der Waals surface area contributed by atoms with Crippen LogP contribution in [-0.2, 0) is 4.79 Å². The van der Waals surface area contributed by atoms with Gasteiger partial charge in [-0.1, -0.05) is 40.0 Å². The van der Waals surface area contributed by atoms with E-state index in [-0.39, 0.29) is 12.0 Å². The minimum absolute atomic E-state index is 0.0755. The molecule has 0 aliphatic heterocycles. The van der Waals surface area contributed by atoms with E-state index in [2.05, 4.69) is 12.2 Å². The van der Waals surface area contributed by atoms with Gasteiger partial charge in [-0.25, -0.2) is 0 Å². The fourth-order valence-corrected chi connectivity index (χ4v) is 1.43. The molecule has 0 aromatic carbocycles. The number of nitrogens with one attached hydrogen (secondary N) is 1. The molecule has 0 rings (SSSR count). The standard InChI is InChI=1S/C11H23NO/c1-5-6-7-8-10(12-4)11(13)9(2)3/h9-10,12H,5-8H2,1-4H3. The van der Waals surface area contributed by atoms with Crippen LogP contribution in [0.15, 0.2) is 0 Å². The molecule has 1 unspecified atom stereocenters. The van der Waals surface area contributed by atoms with E-state index >= 15 is 0 Å². The summed E-state index contributed by atoms with van der Waals surface area (Å²) in [5, 5.41) is 3.09. The van der Waals surface area contributed by atoms with Gasteiger partial charge in [-0.15, -0.1) is 0 Å². The summed E-state index contributed by atoms with van der Waals surface area (Å²) >= 11 is 0. The van der Waals surface area contributed by atoms with Gasteiger partial charge in [-0.05, 0) is 13.5 Å². The van der Waals surface area contributed by atoms with Gasteiger partial charge in [0, 0.05) is 5.92 Å². The van der Waals surface area contributed by atoms with Gasteiger partial charge in [-0.2, -0.15) is 0 Å². The largest absolute Gasteiger partial charge is 0.311 e. The number of hydrogen-bond acceptors (Lipinski definition) is 2. The number of likely N-dealkylation sites (N-methyl/N-ethyl adjacent to an activating group) is 1. The van der Waals surface area contributed by atoms with Crippen LogP contribution in [0, 0.1) is 5.92 Å². The Morgan fingerprint density at radius 1 is 1.31 bits per heavy atom. The Balaban J connectivity index is 3.81. The van der Waals surface area contributed by atoms with Crippen molar-refractivity contribution in [3.63, 3.8) is 0 Å². The maximum Gasteiger partial charge on any atom is 0.152 e. The second-order valence-electron chi connectivity index (χ2n) is 3.89. The molecular weight excluding hydrogens is 162 g/mol. The summed E-state index contributed by atoms with van der Waals surface area (Å²) in [5.41, 5.74) is 0. The normalized spacial score (nSPS) is 13.3. The highest BCUT2D eigenvalue weighted by Crippen LogP contribution is 2.08. The zero-order chi connectivity index (χ0) is 10.3. The Bertz CT molecular complexity index is 143. The van der Waals surface area contributed by atoms with Crippen LogP contribution in [0.4, 0.5) is 0 Å². The average molecular weight is 185 g/mol. The second-order valence-corrected chi connectivity index (χ2v) is 3.89. The van der Waals surface area contributed by atoms with Crippen molar-refractivity contribution in [3.8, 4) is 0 Å². The van der Waals surface area contributed by atoms with Crippen molar-refractivity contribution in [2.75, 3.05) is 7.05 Å². The molecular formula is C11H23NO. The highest BCUT2D eigenvalue weighted by molar-refractivity contribution is 5.85. The molecule has 0 aromatic rings. The first-order valence-electron chi connectivity index (χ1n) is 5.34. The highest BCUT2D eigenvalue weighted by atomic mass is 16.1. The Morgan fingerprint density at radius 2 is 1.92 bits per heavy atom. The van der Waals surface area contributed by atoms with Crippen molar-refractivity contribution in [1.29, 1.82) is 0 Å². The second kappa shape index (κ2) is 7.07. The van der Waals surface area contributed by atoms with Gasteiger partial charge >= 0.3 is 0 Å². The molecule has 2 nitrogen and oxygen atoms in total. The van der Waals surface area contributed by atoms with Crippen molar-refractivity contribution in [3.05, 3.63) is 0 Å².